The van der Waals surface area contributed by atoms with Crippen molar-refractivity contribution in [2.75, 3.05) is 0 Å². The zero-order valence-corrected chi connectivity index (χ0v) is 6.31. The van der Waals surface area contributed by atoms with Gasteiger partial charge in [0.05, 0.1) is 5.71 Å². The molecule has 0 saturated carbocycles. The summed E-state index contributed by atoms with van der Waals surface area (Å²) in [5.41, 5.74) is 4.80. The van der Waals surface area contributed by atoms with Gasteiger partial charge in [-0.15, -0.1) is 0 Å². The van der Waals surface area contributed by atoms with Crippen LogP contribution in [0.1, 0.15) is 13.8 Å². The van der Waals surface area contributed by atoms with Crippen molar-refractivity contribution in [3.63, 3.8) is 0 Å². The predicted molar refractivity (Wildman–Crippen MR) is 40.8 cm³/mol. The van der Waals surface area contributed by atoms with Gasteiger partial charge in [0, 0.05) is 6.20 Å². The molecule has 1 rings (SSSR count). The highest BCUT2D eigenvalue weighted by Crippen LogP contribution is 2.04. The van der Waals surface area contributed by atoms with Crippen molar-refractivity contribution >= 4 is 18.5 Å². The molecule has 0 aliphatic carbocycles. The lowest BCUT2D eigenvalue weighted by Gasteiger charge is -2.17. The summed E-state index contributed by atoms with van der Waals surface area (Å²) in [6.45, 7) is 3.93. The van der Waals surface area contributed by atoms with E-state index in [-0.39, 0.29) is 0 Å². The largest absolute Gasteiger partial charge is 0.224 e. The van der Waals surface area contributed by atoms with Gasteiger partial charge in [-0.3, -0.25) is 0 Å². The van der Waals surface area contributed by atoms with Crippen molar-refractivity contribution in [3.05, 3.63) is 11.8 Å². The lowest BCUT2D eigenvalue weighted by atomic mass is 10.2. The Balaban J connectivity index is 2.75. The van der Waals surface area contributed by atoms with Gasteiger partial charge in [0.25, 0.3) is 0 Å². The number of hydrazone groups is 1. The van der Waals surface area contributed by atoms with E-state index >= 15 is 0 Å². The minimum atomic E-state index is 1.00. The fourth-order valence-electron chi connectivity index (χ4n) is 0.520. The van der Waals surface area contributed by atoms with Gasteiger partial charge >= 0.3 is 0 Å². The van der Waals surface area contributed by atoms with Crippen LogP contribution in [0.4, 0.5) is 0 Å². The minimum absolute atomic E-state index is 1.00. The number of hydrazine groups is 1. The smallest absolute Gasteiger partial charge is 0.0637 e. The van der Waals surface area contributed by atoms with Gasteiger partial charge in [0.1, 0.15) is 0 Å². The number of nitrogens with zero attached hydrogens (tertiary/aromatic N) is 2. The third-order valence-electron chi connectivity index (χ3n) is 1.21. The first-order chi connectivity index (χ1) is 4.20. The van der Waals surface area contributed by atoms with E-state index in [1.165, 1.54) is 4.41 Å². The van der Waals surface area contributed by atoms with Crippen molar-refractivity contribution < 1.29 is 0 Å². The topological polar surface area (TPSA) is 27.6 Å². The SMILES string of the molecule is CC1=CN(S)NN=C1C. The van der Waals surface area contributed by atoms with E-state index in [4.69, 9.17) is 0 Å². The van der Waals surface area contributed by atoms with Gasteiger partial charge in [-0.25, -0.2) is 9.95 Å². The Bertz CT molecular complexity index is 173. The molecule has 1 aliphatic heterocycles. The number of nitrogens with one attached hydrogen (secondary N) is 1. The highest BCUT2D eigenvalue weighted by molar-refractivity contribution is 7.77. The van der Waals surface area contributed by atoms with Crippen LogP contribution in [0, 0.1) is 0 Å². The van der Waals surface area contributed by atoms with E-state index in [9.17, 15) is 0 Å². The quantitative estimate of drug-likeness (QED) is 0.494. The molecule has 1 aliphatic rings. The second-order valence-electron chi connectivity index (χ2n) is 1.95. The van der Waals surface area contributed by atoms with Crippen LogP contribution in [0.25, 0.3) is 0 Å². The van der Waals surface area contributed by atoms with Gasteiger partial charge in [-0.1, -0.05) is 0 Å². The van der Waals surface area contributed by atoms with Crippen LogP contribution in [0.2, 0.25) is 0 Å². The molecule has 0 radical (unpaired) electrons. The molecule has 9 heavy (non-hydrogen) atoms. The molecule has 0 unspecified atom stereocenters. The molecule has 0 amide bonds. The van der Waals surface area contributed by atoms with E-state index in [0.717, 1.165) is 11.3 Å². The van der Waals surface area contributed by atoms with Crippen molar-refractivity contribution in [2.45, 2.75) is 13.8 Å². The number of rotatable bonds is 0. The zero-order chi connectivity index (χ0) is 6.85. The molecule has 50 valence electrons. The third-order valence-corrected chi connectivity index (χ3v) is 1.41. The average Bonchev–Trinajstić information content (AvgIpc) is 1.80. The van der Waals surface area contributed by atoms with Crippen molar-refractivity contribution in [2.24, 2.45) is 5.10 Å². The first-order valence-electron chi connectivity index (χ1n) is 2.67. The first kappa shape index (κ1) is 6.48. The first-order valence-corrected chi connectivity index (χ1v) is 3.07. The molecule has 0 atom stereocenters. The van der Waals surface area contributed by atoms with Gasteiger partial charge in [0.15, 0.2) is 0 Å². The third kappa shape index (κ3) is 1.38. The molecular weight excluding hydrogens is 134 g/mol. The molecule has 0 fully saturated rings. The standard InChI is InChI=1S/C5H9N3S/c1-4-3-8(9)7-6-5(4)2/h3,7,9H,1-2H3. The van der Waals surface area contributed by atoms with E-state index in [1.807, 2.05) is 20.0 Å². The zero-order valence-electron chi connectivity index (χ0n) is 5.42. The Morgan fingerprint density at radius 3 is 2.78 bits per heavy atom. The Kier molecular flexibility index (Phi) is 1.66. The van der Waals surface area contributed by atoms with Crippen LogP contribution < -0.4 is 5.53 Å². The minimum Gasteiger partial charge on any atom is -0.224 e. The Labute approximate surface area is 59.9 Å². The summed E-state index contributed by atoms with van der Waals surface area (Å²) in [7, 11) is 0. The van der Waals surface area contributed by atoms with E-state index in [0.29, 0.717) is 0 Å². The normalized spacial score (nSPS) is 18.3. The fourth-order valence-corrected chi connectivity index (χ4v) is 0.738. The molecule has 3 nitrogen and oxygen atoms in total. The fraction of sp³-hybridized carbons (Fsp3) is 0.400. The average molecular weight is 143 g/mol. The molecule has 0 aromatic carbocycles. The van der Waals surface area contributed by atoms with E-state index in [2.05, 4.69) is 23.5 Å². The molecule has 0 aromatic rings. The van der Waals surface area contributed by atoms with Crippen LogP contribution in [0.5, 0.6) is 0 Å². The molecule has 1 N–H and O–H groups in total. The summed E-state index contributed by atoms with van der Waals surface area (Å²) in [5, 5.41) is 3.94. The maximum absolute atomic E-state index is 4.00. The van der Waals surface area contributed by atoms with Crippen LogP contribution in [-0.2, 0) is 0 Å². The summed E-state index contributed by atoms with van der Waals surface area (Å²) in [5.74, 6) is 0. The second kappa shape index (κ2) is 2.31. The summed E-state index contributed by atoms with van der Waals surface area (Å²) >= 11 is 4.00. The molecule has 1 heterocycles. The summed E-state index contributed by atoms with van der Waals surface area (Å²) < 4.78 is 1.52. The summed E-state index contributed by atoms with van der Waals surface area (Å²) in [4.78, 5) is 0. The lowest BCUT2D eigenvalue weighted by molar-refractivity contribution is 0.466. The maximum atomic E-state index is 4.00. The summed E-state index contributed by atoms with van der Waals surface area (Å²) in [6.07, 6.45) is 1.87. The van der Waals surface area contributed by atoms with Crippen LogP contribution in [0.15, 0.2) is 16.9 Å². The molecular formula is C5H9N3S. The van der Waals surface area contributed by atoms with Crippen LogP contribution >= 0.6 is 12.8 Å². The van der Waals surface area contributed by atoms with Gasteiger partial charge < -0.3 is 0 Å². The van der Waals surface area contributed by atoms with Gasteiger partial charge in [0.2, 0.25) is 0 Å². The summed E-state index contributed by atoms with van der Waals surface area (Å²) in [6, 6.07) is 0. The second-order valence-corrected chi connectivity index (χ2v) is 2.38. The lowest BCUT2D eigenvalue weighted by Crippen LogP contribution is -2.25. The number of thiol groups is 1. The highest BCUT2D eigenvalue weighted by Gasteiger charge is 2.02. The number of hydrogen-bond acceptors (Lipinski definition) is 4. The Morgan fingerprint density at radius 1 is 1.67 bits per heavy atom. The number of hydrogen-bond donors (Lipinski definition) is 2. The van der Waals surface area contributed by atoms with Crippen molar-refractivity contribution in [3.8, 4) is 0 Å². The van der Waals surface area contributed by atoms with Crippen molar-refractivity contribution in [1.29, 1.82) is 0 Å². The molecule has 4 heteroatoms. The highest BCUT2D eigenvalue weighted by atomic mass is 32.1. The molecule has 0 aromatic heterocycles. The molecule has 0 saturated heterocycles. The monoisotopic (exact) mass is 143 g/mol. The predicted octanol–water partition coefficient (Wildman–Crippen LogP) is 0.931. The van der Waals surface area contributed by atoms with Crippen molar-refractivity contribution in [1.82, 2.24) is 9.95 Å². The van der Waals surface area contributed by atoms with Gasteiger partial charge in [-0.05, 0) is 32.2 Å². The molecule has 0 spiro atoms. The van der Waals surface area contributed by atoms with E-state index in [1.54, 1.807) is 0 Å². The van der Waals surface area contributed by atoms with Crippen LogP contribution in [-0.4, -0.2) is 10.1 Å². The Hall–Kier alpha value is -0.640. The van der Waals surface area contributed by atoms with Crippen LogP contribution in [0.3, 0.4) is 0 Å². The number of allylic oxidation sites excluding steroid dienone is 1. The molecule has 0 bridgehead atoms. The Morgan fingerprint density at radius 2 is 2.33 bits per heavy atom. The van der Waals surface area contributed by atoms with Gasteiger partial charge in [-0.2, -0.15) is 5.10 Å². The maximum Gasteiger partial charge on any atom is 0.0637 e. The van der Waals surface area contributed by atoms with E-state index < -0.39 is 0 Å².